The molecule has 0 bridgehead atoms. The molecule has 1 heterocycles. The van der Waals surface area contributed by atoms with Crippen LogP contribution in [0.3, 0.4) is 0 Å². The van der Waals surface area contributed by atoms with Crippen LogP contribution in [0.5, 0.6) is 5.75 Å². The van der Waals surface area contributed by atoms with Crippen LogP contribution in [0.15, 0.2) is 30.5 Å². The molecule has 0 aliphatic carbocycles. The van der Waals surface area contributed by atoms with Gasteiger partial charge >= 0.3 is 0 Å². The van der Waals surface area contributed by atoms with Gasteiger partial charge in [0.25, 0.3) is 5.91 Å². The Balaban J connectivity index is 1.63. The monoisotopic (exact) mass is 431 g/mol. The quantitative estimate of drug-likeness (QED) is 0.616. The van der Waals surface area contributed by atoms with Crippen LogP contribution in [0.1, 0.15) is 19.8 Å². The van der Waals surface area contributed by atoms with Crippen LogP contribution in [0.2, 0.25) is 5.02 Å². The zero-order valence-electron chi connectivity index (χ0n) is 15.7. The Labute approximate surface area is 172 Å². The predicted octanol–water partition coefficient (Wildman–Crippen LogP) is 2.67. The summed E-state index contributed by atoms with van der Waals surface area (Å²) < 4.78 is 23.9. The van der Waals surface area contributed by atoms with Gasteiger partial charge in [-0.15, -0.1) is 0 Å². The molecule has 10 heteroatoms. The van der Waals surface area contributed by atoms with E-state index in [1.54, 1.807) is 5.06 Å². The van der Waals surface area contributed by atoms with Crippen molar-refractivity contribution in [3.8, 4) is 5.75 Å². The van der Waals surface area contributed by atoms with Crippen LogP contribution >= 0.6 is 23.6 Å². The number of hydroxylamine groups is 2. The van der Waals surface area contributed by atoms with E-state index < -0.39 is 5.82 Å². The van der Waals surface area contributed by atoms with Crippen molar-refractivity contribution in [3.05, 3.63) is 41.3 Å². The third-order valence-corrected chi connectivity index (χ3v) is 5.32. The highest BCUT2D eigenvalue weighted by Crippen LogP contribution is 2.27. The number of halogens is 2. The molecular weight excluding hydrogens is 409 g/mol. The van der Waals surface area contributed by atoms with Gasteiger partial charge in [-0.05, 0) is 25.5 Å². The number of nitrogens with one attached hydrogen (secondary N) is 2. The summed E-state index contributed by atoms with van der Waals surface area (Å²) in [6.45, 7) is 5.80. The Hall–Kier alpha value is -1.81. The fraction of sp³-hybridized carbons (Fsp3) is 0.444. The second kappa shape index (κ2) is 10.7. The number of rotatable bonds is 8. The van der Waals surface area contributed by atoms with Gasteiger partial charge in [0.15, 0.2) is 6.61 Å². The summed E-state index contributed by atoms with van der Waals surface area (Å²) in [6, 6.07) is 4.07. The number of carbonyl (C=O) groups excluding carboxylic acids is 2. The van der Waals surface area contributed by atoms with Crippen molar-refractivity contribution < 1.29 is 23.0 Å². The number of hydrogen-bond donors (Lipinski definition) is 2. The van der Waals surface area contributed by atoms with E-state index in [-0.39, 0.29) is 47.0 Å². The van der Waals surface area contributed by atoms with Crippen LogP contribution in [0, 0.1) is 5.82 Å². The minimum Gasteiger partial charge on any atom is -0.484 e. The minimum atomic E-state index is -0.616. The van der Waals surface area contributed by atoms with E-state index in [0.29, 0.717) is 18.5 Å². The SMILES string of the molecule is C=C(CCNC(=O)COc1ccc(Cl)c(F)c1)NC(=O)C1CC(C)N(C)OS1. The average molecular weight is 432 g/mol. The molecule has 154 valence electrons. The number of ether oxygens (including phenoxy) is 1. The number of carbonyl (C=O) groups is 2. The fourth-order valence-corrected chi connectivity index (χ4v) is 3.29. The highest BCUT2D eigenvalue weighted by molar-refractivity contribution is 7.96. The van der Waals surface area contributed by atoms with Crippen molar-refractivity contribution in [2.24, 2.45) is 0 Å². The minimum absolute atomic E-state index is 0.0166. The van der Waals surface area contributed by atoms with Crippen LogP contribution < -0.4 is 15.4 Å². The van der Waals surface area contributed by atoms with Crippen LogP contribution in [0.4, 0.5) is 4.39 Å². The molecule has 1 aromatic rings. The number of nitrogens with zero attached hydrogens (tertiary/aromatic N) is 1. The molecule has 0 aromatic heterocycles. The molecule has 2 unspecified atom stereocenters. The summed E-state index contributed by atoms with van der Waals surface area (Å²) in [6.07, 6.45) is 1.04. The smallest absolute Gasteiger partial charge is 0.257 e. The molecule has 2 amide bonds. The lowest BCUT2D eigenvalue weighted by molar-refractivity contribution is -0.123. The maximum atomic E-state index is 13.3. The first-order valence-electron chi connectivity index (χ1n) is 8.65. The van der Waals surface area contributed by atoms with Crippen molar-refractivity contribution in [1.82, 2.24) is 15.7 Å². The zero-order chi connectivity index (χ0) is 20.7. The topological polar surface area (TPSA) is 79.9 Å². The summed E-state index contributed by atoms with van der Waals surface area (Å²) in [7, 11) is 1.82. The van der Waals surface area contributed by atoms with E-state index in [2.05, 4.69) is 17.2 Å². The van der Waals surface area contributed by atoms with Gasteiger partial charge in [0.2, 0.25) is 5.91 Å². The highest BCUT2D eigenvalue weighted by atomic mass is 35.5. The summed E-state index contributed by atoms with van der Waals surface area (Å²) in [4.78, 5) is 24.0. The summed E-state index contributed by atoms with van der Waals surface area (Å²) >= 11 is 6.69. The number of amides is 2. The number of benzene rings is 1. The van der Waals surface area contributed by atoms with Gasteiger partial charge in [0.05, 0.1) is 5.02 Å². The van der Waals surface area contributed by atoms with Gasteiger partial charge in [0.1, 0.15) is 16.8 Å². The first-order chi connectivity index (χ1) is 13.3. The molecule has 2 N–H and O–H groups in total. The largest absolute Gasteiger partial charge is 0.484 e. The molecule has 0 spiro atoms. The molecule has 0 saturated carbocycles. The molecule has 28 heavy (non-hydrogen) atoms. The predicted molar refractivity (Wildman–Crippen MR) is 106 cm³/mol. The zero-order valence-corrected chi connectivity index (χ0v) is 17.2. The van der Waals surface area contributed by atoms with Gasteiger partial charge in [-0.2, -0.15) is 5.06 Å². The Morgan fingerprint density at radius 2 is 2.25 bits per heavy atom. The second-order valence-electron chi connectivity index (χ2n) is 6.35. The summed E-state index contributed by atoms with van der Waals surface area (Å²) in [5.41, 5.74) is 0.498. The van der Waals surface area contributed by atoms with Crippen molar-refractivity contribution in [1.29, 1.82) is 0 Å². The van der Waals surface area contributed by atoms with Crippen molar-refractivity contribution >= 4 is 35.5 Å². The lowest BCUT2D eigenvalue weighted by atomic mass is 10.1. The van der Waals surface area contributed by atoms with Gasteiger partial charge in [0, 0.05) is 49.9 Å². The van der Waals surface area contributed by atoms with Gasteiger partial charge < -0.3 is 15.4 Å². The average Bonchev–Trinajstić information content (AvgIpc) is 2.64. The van der Waals surface area contributed by atoms with E-state index in [4.69, 9.17) is 20.6 Å². The van der Waals surface area contributed by atoms with E-state index in [1.165, 1.54) is 12.1 Å². The molecule has 1 aliphatic rings. The third kappa shape index (κ3) is 6.97. The van der Waals surface area contributed by atoms with Crippen LogP contribution in [0.25, 0.3) is 0 Å². The Morgan fingerprint density at radius 1 is 1.50 bits per heavy atom. The molecule has 1 saturated heterocycles. The molecule has 2 atom stereocenters. The molecule has 2 rings (SSSR count). The van der Waals surface area contributed by atoms with Crippen LogP contribution in [-0.2, 0) is 13.9 Å². The molecule has 1 fully saturated rings. The van der Waals surface area contributed by atoms with Gasteiger partial charge in [-0.1, -0.05) is 18.2 Å². The maximum absolute atomic E-state index is 13.3. The van der Waals surface area contributed by atoms with Crippen LogP contribution in [-0.4, -0.2) is 48.4 Å². The maximum Gasteiger partial charge on any atom is 0.257 e. The van der Waals surface area contributed by atoms with E-state index in [1.807, 2.05) is 14.0 Å². The van der Waals surface area contributed by atoms with Crippen molar-refractivity contribution in [2.75, 3.05) is 20.2 Å². The molecule has 0 radical (unpaired) electrons. The normalized spacial score (nSPS) is 19.7. The Morgan fingerprint density at radius 3 is 2.93 bits per heavy atom. The second-order valence-corrected chi connectivity index (χ2v) is 7.67. The first-order valence-corrected chi connectivity index (χ1v) is 9.84. The number of hydrogen-bond acceptors (Lipinski definition) is 6. The van der Waals surface area contributed by atoms with E-state index >= 15 is 0 Å². The van der Waals surface area contributed by atoms with Crippen molar-refractivity contribution in [2.45, 2.75) is 31.1 Å². The lowest BCUT2D eigenvalue weighted by Crippen LogP contribution is -2.42. The van der Waals surface area contributed by atoms with E-state index in [0.717, 1.165) is 18.1 Å². The fourth-order valence-electron chi connectivity index (χ4n) is 2.28. The molecule has 7 nitrogen and oxygen atoms in total. The van der Waals surface area contributed by atoms with Gasteiger partial charge in [-0.3, -0.25) is 9.59 Å². The standard InChI is InChI=1S/C18H23ClFN3O4S/c1-11(22-18(25)16-8-12(2)23(3)27-28-16)6-7-21-17(24)10-26-13-4-5-14(19)15(20)9-13/h4-5,9,12,16H,1,6-8,10H2,2-3H3,(H,21,24)(H,22,25). The summed E-state index contributed by atoms with van der Waals surface area (Å²) in [5.74, 6) is -0.952. The third-order valence-electron chi connectivity index (χ3n) is 4.06. The van der Waals surface area contributed by atoms with Gasteiger partial charge in [-0.25, -0.2) is 8.67 Å². The Bertz CT molecular complexity index is 737. The molecule has 1 aromatic carbocycles. The van der Waals surface area contributed by atoms with Crippen molar-refractivity contribution in [3.63, 3.8) is 0 Å². The molecule has 1 aliphatic heterocycles. The lowest BCUT2D eigenvalue weighted by Gasteiger charge is -2.32. The first kappa shape index (κ1) is 22.5. The summed E-state index contributed by atoms with van der Waals surface area (Å²) in [5, 5.41) is 6.76. The molecular formula is C18H23ClFN3O4S. The van der Waals surface area contributed by atoms with E-state index in [9.17, 15) is 14.0 Å². The Kier molecular flexibility index (Phi) is 8.56. The highest BCUT2D eigenvalue weighted by Gasteiger charge is 2.30.